The molecular formula is C23H33NO2. The number of aryl methyl sites for hydroxylation is 1. The lowest BCUT2D eigenvalue weighted by Gasteiger charge is -2.30. The smallest absolute Gasteiger partial charge is 0.116 e. The molecular weight excluding hydrogens is 322 g/mol. The predicted molar refractivity (Wildman–Crippen MR) is 108 cm³/mol. The van der Waals surface area contributed by atoms with Gasteiger partial charge in [0, 0.05) is 12.5 Å². The maximum atomic E-state index is 10.7. The summed E-state index contributed by atoms with van der Waals surface area (Å²) < 4.78 is 0. The van der Waals surface area contributed by atoms with E-state index in [1.807, 2.05) is 62.4 Å². The van der Waals surface area contributed by atoms with E-state index in [9.17, 15) is 10.2 Å². The molecule has 0 amide bonds. The van der Waals surface area contributed by atoms with Gasteiger partial charge in [-0.3, -0.25) is 5.32 Å². The summed E-state index contributed by atoms with van der Waals surface area (Å²) in [4.78, 5) is 0. The third kappa shape index (κ3) is 6.24. The van der Waals surface area contributed by atoms with Crippen molar-refractivity contribution >= 4 is 0 Å². The third-order valence-electron chi connectivity index (χ3n) is 5.23. The number of hydrogen-bond acceptors (Lipinski definition) is 3. The lowest BCUT2D eigenvalue weighted by Crippen LogP contribution is -2.46. The molecule has 0 bridgehead atoms. The van der Waals surface area contributed by atoms with Crippen LogP contribution in [0.2, 0.25) is 0 Å². The monoisotopic (exact) mass is 355 g/mol. The van der Waals surface area contributed by atoms with Gasteiger partial charge in [-0.25, -0.2) is 0 Å². The second kappa shape index (κ2) is 9.31. The lowest BCUT2D eigenvalue weighted by molar-refractivity contribution is -0.0160. The van der Waals surface area contributed by atoms with Gasteiger partial charge in [-0.1, -0.05) is 73.2 Å². The predicted octanol–water partition coefficient (Wildman–Crippen LogP) is 4.38. The minimum absolute atomic E-state index is 0.374. The van der Waals surface area contributed by atoms with Gasteiger partial charge in [0.15, 0.2) is 0 Å². The number of nitrogens with one attached hydrogen (secondary N) is 1. The standard InChI is InChI=1S/C16H25NO2.C7H8/c1-3-16(19,14-7-5-4-6-8-14)11-12-17-15(2,18)13-9-10-13;1-7-5-3-2-4-6-7/h4-8,13,17-19H,3,9-12H2,1-2H3;2-6H,1H3. The maximum absolute atomic E-state index is 10.7. The molecule has 26 heavy (non-hydrogen) atoms. The maximum Gasteiger partial charge on any atom is 0.116 e. The molecule has 0 saturated heterocycles. The summed E-state index contributed by atoms with van der Waals surface area (Å²) in [6.07, 6.45) is 3.47. The highest BCUT2D eigenvalue weighted by molar-refractivity contribution is 5.22. The van der Waals surface area contributed by atoms with Crippen molar-refractivity contribution in [3.05, 3.63) is 71.8 Å². The van der Waals surface area contributed by atoms with Crippen LogP contribution in [0, 0.1) is 12.8 Å². The zero-order chi connectivity index (χ0) is 19.0. The van der Waals surface area contributed by atoms with E-state index >= 15 is 0 Å². The van der Waals surface area contributed by atoms with E-state index in [2.05, 4.69) is 24.4 Å². The normalized spacial score (nSPS) is 18.2. The van der Waals surface area contributed by atoms with Crippen molar-refractivity contribution in [1.29, 1.82) is 0 Å². The van der Waals surface area contributed by atoms with Crippen LogP contribution in [0.3, 0.4) is 0 Å². The van der Waals surface area contributed by atoms with Crippen LogP contribution in [0.25, 0.3) is 0 Å². The van der Waals surface area contributed by atoms with Gasteiger partial charge in [0.2, 0.25) is 0 Å². The van der Waals surface area contributed by atoms with Crippen LogP contribution in [-0.4, -0.2) is 22.5 Å². The number of hydrogen-bond donors (Lipinski definition) is 3. The Morgan fingerprint density at radius 3 is 1.92 bits per heavy atom. The average molecular weight is 356 g/mol. The van der Waals surface area contributed by atoms with Gasteiger partial charge in [0.1, 0.15) is 5.72 Å². The van der Waals surface area contributed by atoms with Crippen LogP contribution in [0.5, 0.6) is 0 Å². The Morgan fingerprint density at radius 2 is 1.50 bits per heavy atom. The van der Waals surface area contributed by atoms with Crippen molar-refractivity contribution in [2.75, 3.05) is 6.54 Å². The lowest BCUT2D eigenvalue weighted by atomic mass is 9.88. The molecule has 0 aromatic heterocycles. The minimum atomic E-state index is -0.812. The molecule has 0 heterocycles. The zero-order valence-electron chi connectivity index (χ0n) is 16.3. The Balaban J connectivity index is 0.000000290. The summed E-state index contributed by atoms with van der Waals surface area (Å²) >= 11 is 0. The van der Waals surface area contributed by atoms with Crippen LogP contribution in [-0.2, 0) is 5.60 Å². The van der Waals surface area contributed by atoms with Gasteiger partial charge in [0.25, 0.3) is 0 Å². The molecule has 2 aromatic rings. The summed E-state index contributed by atoms with van der Waals surface area (Å²) in [5, 5.41) is 24.1. The molecule has 1 fully saturated rings. The number of rotatable bonds is 7. The van der Waals surface area contributed by atoms with E-state index in [0.29, 0.717) is 25.3 Å². The molecule has 2 unspecified atom stereocenters. The molecule has 0 radical (unpaired) electrons. The Morgan fingerprint density at radius 1 is 0.962 bits per heavy atom. The van der Waals surface area contributed by atoms with Gasteiger partial charge < -0.3 is 10.2 Å². The Kier molecular flexibility index (Phi) is 7.39. The second-order valence-corrected chi connectivity index (χ2v) is 7.50. The molecule has 0 spiro atoms. The van der Waals surface area contributed by atoms with Gasteiger partial charge in [-0.15, -0.1) is 0 Å². The first kappa shape index (κ1) is 20.6. The van der Waals surface area contributed by atoms with E-state index in [1.54, 1.807) is 0 Å². The average Bonchev–Trinajstić information content (AvgIpc) is 3.49. The summed E-state index contributed by atoms with van der Waals surface area (Å²) in [7, 11) is 0. The highest BCUT2D eigenvalue weighted by Gasteiger charge is 2.40. The van der Waals surface area contributed by atoms with E-state index in [4.69, 9.17) is 0 Å². The Bertz CT molecular complexity index is 638. The van der Waals surface area contributed by atoms with Crippen molar-refractivity contribution in [1.82, 2.24) is 5.32 Å². The molecule has 142 valence electrons. The highest BCUT2D eigenvalue weighted by atomic mass is 16.3. The SMILES string of the molecule is CCC(O)(CCNC(C)(O)C1CC1)c1ccccc1.Cc1ccccc1. The van der Waals surface area contributed by atoms with Gasteiger partial charge in [-0.05, 0) is 45.1 Å². The molecule has 3 nitrogen and oxygen atoms in total. The molecule has 1 aliphatic rings. The van der Waals surface area contributed by atoms with Crippen molar-refractivity contribution in [2.45, 2.75) is 57.8 Å². The third-order valence-corrected chi connectivity index (χ3v) is 5.23. The van der Waals surface area contributed by atoms with Crippen molar-refractivity contribution in [2.24, 2.45) is 5.92 Å². The van der Waals surface area contributed by atoms with Gasteiger partial charge >= 0.3 is 0 Å². The van der Waals surface area contributed by atoms with Crippen LogP contribution >= 0.6 is 0 Å². The first-order valence-electron chi connectivity index (χ1n) is 9.64. The summed E-state index contributed by atoms with van der Waals surface area (Å²) in [6, 6.07) is 20.0. The van der Waals surface area contributed by atoms with Crippen molar-refractivity contribution in [3.8, 4) is 0 Å². The zero-order valence-corrected chi connectivity index (χ0v) is 16.3. The topological polar surface area (TPSA) is 52.5 Å². The highest BCUT2D eigenvalue weighted by Crippen LogP contribution is 2.38. The molecule has 1 saturated carbocycles. The molecule has 2 aromatic carbocycles. The van der Waals surface area contributed by atoms with E-state index < -0.39 is 11.3 Å². The number of benzene rings is 2. The van der Waals surface area contributed by atoms with E-state index in [-0.39, 0.29) is 0 Å². The van der Waals surface area contributed by atoms with E-state index in [1.165, 1.54) is 5.56 Å². The van der Waals surface area contributed by atoms with Gasteiger partial charge in [0.05, 0.1) is 5.60 Å². The molecule has 3 N–H and O–H groups in total. The molecule has 1 aliphatic carbocycles. The largest absolute Gasteiger partial charge is 0.385 e. The van der Waals surface area contributed by atoms with Crippen LogP contribution in [0.15, 0.2) is 60.7 Å². The molecule has 3 rings (SSSR count). The molecule has 2 atom stereocenters. The Hall–Kier alpha value is -1.68. The van der Waals surface area contributed by atoms with Crippen LogP contribution < -0.4 is 5.32 Å². The van der Waals surface area contributed by atoms with Gasteiger partial charge in [-0.2, -0.15) is 0 Å². The second-order valence-electron chi connectivity index (χ2n) is 7.50. The van der Waals surface area contributed by atoms with Crippen molar-refractivity contribution < 1.29 is 10.2 Å². The fraction of sp³-hybridized carbons (Fsp3) is 0.478. The fourth-order valence-corrected chi connectivity index (χ4v) is 3.12. The first-order valence-corrected chi connectivity index (χ1v) is 9.64. The number of aliphatic hydroxyl groups is 2. The summed E-state index contributed by atoms with van der Waals surface area (Å²) in [5.41, 5.74) is 0.673. The summed E-state index contributed by atoms with van der Waals surface area (Å²) in [6.45, 7) is 6.52. The fourth-order valence-electron chi connectivity index (χ4n) is 3.12. The molecule has 3 heteroatoms. The summed E-state index contributed by atoms with van der Waals surface area (Å²) in [5.74, 6) is 0.374. The minimum Gasteiger partial charge on any atom is -0.385 e. The van der Waals surface area contributed by atoms with E-state index in [0.717, 1.165) is 18.4 Å². The van der Waals surface area contributed by atoms with Crippen molar-refractivity contribution in [3.63, 3.8) is 0 Å². The molecule has 0 aliphatic heterocycles. The van der Waals surface area contributed by atoms with Crippen LogP contribution in [0.4, 0.5) is 0 Å². The Labute approximate surface area is 158 Å². The quantitative estimate of drug-likeness (QED) is 0.646. The first-order chi connectivity index (χ1) is 12.4. The van der Waals surface area contributed by atoms with Crippen LogP contribution in [0.1, 0.15) is 50.7 Å².